The summed E-state index contributed by atoms with van der Waals surface area (Å²) in [5, 5.41) is 8.49. The molecule has 0 aromatic carbocycles. The van der Waals surface area contributed by atoms with E-state index in [0.717, 1.165) is 5.52 Å². The van der Waals surface area contributed by atoms with Gasteiger partial charge in [0.25, 0.3) is 0 Å². The molecular weight excluding hydrogens is 224 g/mol. The first-order valence-electron chi connectivity index (χ1n) is 5.31. The Kier molecular flexibility index (Phi) is 4.37. The Hall–Kier alpha value is -1.57. The van der Waals surface area contributed by atoms with E-state index < -0.39 is 0 Å². The number of rotatable bonds is 7. The Morgan fingerprint density at radius 1 is 1.18 bits per heavy atom. The molecule has 0 bridgehead atoms. The van der Waals surface area contributed by atoms with Crippen molar-refractivity contribution in [2.75, 3.05) is 26.4 Å². The van der Waals surface area contributed by atoms with Gasteiger partial charge in [-0.3, -0.25) is 0 Å². The van der Waals surface area contributed by atoms with Crippen LogP contribution in [0.25, 0.3) is 11.2 Å². The van der Waals surface area contributed by atoms with Gasteiger partial charge in [-0.05, 0) is 0 Å². The quantitative estimate of drug-likeness (QED) is 0.653. The summed E-state index contributed by atoms with van der Waals surface area (Å²) in [7, 11) is 0. The first-order valence-corrected chi connectivity index (χ1v) is 5.31. The summed E-state index contributed by atoms with van der Waals surface area (Å²) in [4.78, 5) is 15.3. The summed E-state index contributed by atoms with van der Waals surface area (Å²) < 4.78 is 10.4. The third-order valence-corrected chi connectivity index (χ3v) is 2.06. The number of nitrogens with one attached hydrogen (secondary N) is 1. The highest BCUT2D eigenvalue weighted by molar-refractivity contribution is 5.67. The first kappa shape index (κ1) is 11.9. The van der Waals surface area contributed by atoms with E-state index in [2.05, 4.69) is 19.9 Å². The number of hydrogen-bond acceptors (Lipinski definition) is 6. The molecule has 0 unspecified atom stereocenters. The average Bonchev–Trinajstić information content (AvgIpc) is 2.81. The van der Waals surface area contributed by atoms with Crippen LogP contribution in [-0.4, -0.2) is 51.5 Å². The summed E-state index contributed by atoms with van der Waals surface area (Å²) in [6.45, 7) is 1.58. The van der Waals surface area contributed by atoms with Crippen molar-refractivity contribution in [1.82, 2.24) is 19.9 Å². The van der Waals surface area contributed by atoms with E-state index in [0.29, 0.717) is 37.9 Å². The third-order valence-electron chi connectivity index (χ3n) is 2.06. The van der Waals surface area contributed by atoms with Gasteiger partial charge in [0, 0.05) is 0 Å². The number of imidazole rings is 1. The van der Waals surface area contributed by atoms with Crippen molar-refractivity contribution < 1.29 is 14.6 Å². The van der Waals surface area contributed by atoms with Crippen molar-refractivity contribution in [2.45, 2.75) is 6.61 Å². The lowest BCUT2D eigenvalue weighted by Crippen LogP contribution is -2.08. The van der Waals surface area contributed by atoms with E-state index in [1.165, 1.54) is 0 Å². The van der Waals surface area contributed by atoms with Gasteiger partial charge in [0.2, 0.25) is 0 Å². The summed E-state index contributed by atoms with van der Waals surface area (Å²) in [6.07, 6.45) is 3.25. The lowest BCUT2D eigenvalue weighted by Gasteiger charge is -2.03. The van der Waals surface area contributed by atoms with Crippen LogP contribution in [0.1, 0.15) is 5.82 Å². The Bertz CT molecular complexity index is 460. The Morgan fingerprint density at radius 3 is 2.94 bits per heavy atom. The molecule has 0 radical (unpaired) electrons. The Labute approximate surface area is 97.8 Å². The first-order chi connectivity index (χ1) is 8.40. The fraction of sp³-hybridized carbons (Fsp3) is 0.500. The zero-order valence-electron chi connectivity index (χ0n) is 9.30. The number of hydrogen-bond donors (Lipinski definition) is 2. The molecule has 0 aliphatic rings. The molecule has 2 aromatic rings. The SMILES string of the molecule is OCCOCCOCc1ncc2[nH]cnc2n1. The third kappa shape index (κ3) is 3.45. The number of H-pyrrole nitrogens is 1. The van der Waals surface area contributed by atoms with Gasteiger partial charge in [0.1, 0.15) is 12.1 Å². The predicted molar refractivity (Wildman–Crippen MR) is 59.2 cm³/mol. The van der Waals surface area contributed by atoms with Crippen LogP contribution in [0.2, 0.25) is 0 Å². The topological polar surface area (TPSA) is 93.2 Å². The van der Waals surface area contributed by atoms with Crippen LogP contribution in [0.5, 0.6) is 0 Å². The molecular formula is C10H14N4O3. The largest absolute Gasteiger partial charge is 0.394 e. The fourth-order valence-electron chi connectivity index (χ4n) is 1.29. The van der Waals surface area contributed by atoms with Gasteiger partial charge < -0.3 is 19.6 Å². The average molecular weight is 238 g/mol. The molecule has 0 saturated heterocycles. The number of fused-ring (bicyclic) bond motifs is 1. The second-order valence-electron chi connectivity index (χ2n) is 3.31. The fourth-order valence-corrected chi connectivity index (χ4v) is 1.29. The van der Waals surface area contributed by atoms with Crippen molar-refractivity contribution in [3.8, 4) is 0 Å². The summed E-state index contributed by atoms with van der Waals surface area (Å²) >= 11 is 0. The minimum Gasteiger partial charge on any atom is -0.394 e. The second-order valence-corrected chi connectivity index (χ2v) is 3.31. The molecule has 92 valence electrons. The van der Waals surface area contributed by atoms with Crippen LogP contribution < -0.4 is 0 Å². The number of aromatic nitrogens is 4. The second kappa shape index (κ2) is 6.24. The van der Waals surface area contributed by atoms with Crippen molar-refractivity contribution in [1.29, 1.82) is 0 Å². The predicted octanol–water partition coefficient (Wildman–Crippen LogP) is -0.122. The highest BCUT2D eigenvalue weighted by Crippen LogP contribution is 2.04. The van der Waals surface area contributed by atoms with Crippen LogP contribution in [0.4, 0.5) is 0 Å². The van der Waals surface area contributed by atoms with Gasteiger partial charge in [0.15, 0.2) is 11.5 Å². The van der Waals surface area contributed by atoms with E-state index >= 15 is 0 Å². The lowest BCUT2D eigenvalue weighted by atomic mass is 10.5. The summed E-state index contributed by atoms with van der Waals surface area (Å²) in [5.74, 6) is 0.590. The minimum absolute atomic E-state index is 0.0267. The molecule has 0 aliphatic heterocycles. The maximum atomic E-state index is 8.49. The molecule has 0 fully saturated rings. The summed E-state index contributed by atoms with van der Waals surface area (Å²) in [5.41, 5.74) is 1.44. The van der Waals surface area contributed by atoms with Gasteiger partial charge in [-0.15, -0.1) is 0 Å². The number of nitrogens with zero attached hydrogens (tertiary/aromatic N) is 3. The van der Waals surface area contributed by atoms with Crippen molar-refractivity contribution in [2.24, 2.45) is 0 Å². The molecule has 2 N–H and O–H groups in total. The van der Waals surface area contributed by atoms with E-state index in [-0.39, 0.29) is 6.61 Å². The number of aromatic amines is 1. The monoisotopic (exact) mass is 238 g/mol. The normalized spacial score (nSPS) is 11.1. The van der Waals surface area contributed by atoms with Crippen LogP contribution >= 0.6 is 0 Å². The molecule has 0 aliphatic carbocycles. The highest BCUT2D eigenvalue weighted by Gasteiger charge is 2.01. The Balaban J connectivity index is 1.75. The van der Waals surface area contributed by atoms with Crippen LogP contribution in [0.15, 0.2) is 12.5 Å². The van der Waals surface area contributed by atoms with Crippen molar-refractivity contribution in [3.63, 3.8) is 0 Å². The van der Waals surface area contributed by atoms with Crippen LogP contribution in [0.3, 0.4) is 0 Å². The molecule has 2 heterocycles. The van der Waals surface area contributed by atoms with Gasteiger partial charge in [-0.1, -0.05) is 0 Å². The number of aliphatic hydroxyl groups is 1. The van der Waals surface area contributed by atoms with E-state index in [4.69, 9.17) is 14.6 Å². The number of aliphatic hydroxyl groups excluding tert-OH is 1. The zero-order valence-corrected chi connectivity index (χ0v) is 9.30. The van der Waals surface area contributed by atoms with E-state index in [1.54, 1.807) is 12.5 Å². The van der Waals surface area contributed by atoms with Crippen LogP contribution in [-0.2, 0) is 16.1 Å². The molecule has 7 heteroatoms. The smallest absolute Gasteiger partial charge is 0.180 e. The molecule has 17 heavy (non-hydrogen) atoms. The Morgan fingerprint density at radius 2 is 2.06 bits per heavy atom. The van der Waals surface area contributed by atoms with E-state index in [1.807, 2.05) is 0 Å². The molecule has 0 spiro atoms. The molecule has 2 rings (SSSR count). The standard InChI is InChI=1S/C10H14N4O3/c15-1-2-16-3-4-17-6-9-11-5-8-10(14-9)13-7-12-8/h5,7,15H,1-4,6H2,(H,11,12,13,14). The molecule has 2 aromatic heterocycles. The van der Waals surface area contributed by atoms with Gasteiger partial charge >= 0.3 is 0 Å². The van der Waals surface area contributed by atoms with Gasteiger partial charge in [0.05, 0.1) is 39.0 Å². The molecule has 0 saturated carbocycles. The maximum absolute atomic E-state index is 8.49. The van der Waals surface area contributed by atoms with Gasteiger partial charge in [-0.25, -0.2) is 15.0 Å². The highest BCUT2D eigenvalue weighted by atomic mass is 16.5. The van der Waals surface area contributed by atoms with Crippen molar-refractivity contribution >= 4 is 11.2 Å². The lowest BCUT2D eigenvalue weighted by molar-refractivity contribution is 0.0257. The number of ether oxygens (including phenoxy) is 2. The van der Waals surface area contributed by atoms with Crippen molar-refractivity contribution in [3.05, 3.63) is 18.3 Å². The minimum atomic E-state index is 0.0267. The molecule has 0 atom stereocenters. The van der Waals surface area contributed by atoms with Gasteiger partial charge in [-0.2, -0.15) is 0 Å². The zero-order chi connectivity index (χ0) is 11.9. The van der Waals surface area contributed by atoms with E-state index in [9.17, 15) is 0 Å². The molecule has 7 nitrogen and oxygen atoms in total. The maximum Gasteiger partial charge on any atom is 0.180 e. The summed E-state index contributed by atoms with van der Waals surface area (Å²) in [6, 6.07) is 0. The molecule has 0 amide bonds. The van der Waals surface area contributed by atoms with Crippen LogP contribution in [0, 0.1) is 0 Å².